The van der Waals surface area contributed by atoms with Gasteiger partial charge in [0.2, 0.25) is 17.6 Å². The first-order valence-corrected chi connectivity index (χ1v) is 9.07. The maximum Gasteiger partial charge on any atom is 0.246 e. The summed E-state index contributed by atoms with van der Waals surface area (Å²) in [6.45, 7) is 2.03. The smallest absolute Gasteiger partial charge is 0.246 e. The van der Waals surface area contributed by atoms with Crippen LogP contribution >= 0.6 is 34.7 Å². The van der Waals surface area contributed by atoms with Crippen LogP contribution in [0.3, 0.4) is 0 Å². The lowest BCUT2D eigenvalue weighted by Crippen LogP contribution is -2.24. The first-order chi connectivity index (χ1) is 11.6. The normalized spacial score (nSPS) is 10.8. The predicted octanol–water partition coefficient (Wildman–Crippen LogP) is 2.96. The zero-order valence-electron chi connectivity index (χ0n) is 12.5. The van der Waals surface area contributed by atoms with Gasteiger partial charge in [-0.25, -0.2) is 0 Å². The number of amides is 1. The van der Waals surface area contributed by atoms with E-state index in [4.69, 9.17) is 16.1 Å². The molecule has 0 bridgehead atoms. The van der Waals surface area contributed by atoms with E-state index in [1.807, 2.05) is 19.1 Å². The molecule has 2 heterocycles. The van der Waals surface area contributed by atoms with E-state index >= 15 is 0 Å². The van der Waals surface area contributed by atoms with Crippen LogP contribution in [0.4, 0.5) is 0 Å². The fraction of sp³-hybridized carbons (Fsp3) is 0.214. The number of hydrogen-bond acceptors (Lipinski definition) is 8. The monoisotopic (exact) mass is 381 g/mol. The molecule has 1 aromatic carbocycles. The van der Waals surface area contributed by atoms with Crippen molar-refractivity contribution in [1.29, 1.82) is 0 Å². The molecule has 0 saturated carbocycles. The molecule has 0 unspecified atom stereocenters. The Morgan fingerprint density at radius 2 is 2.21 bits per heavy atom. The van der Waals surface area contributed by atoms with Crippen molar-refractivity contribution in [3.8, 4) is 11.4 Å². The molecule has 3 rings (SSSR count). The standard InChI is InChI=1S/C14H12ClN5O2S2/c1-8-18-19-14(24-8)23-7-11(21)16-6-12-17-13(20-22-12)9-4-2-3-5-10(9)15/h2-5H,6-7H2,1H3,(H,16,21). The van der Waals surface area contributed by atoms with Crippen LogP contribution in [0.2, 0.25) is 5.02 Å². The van der Waals surface area contributed by atoms with Gasteiger partial charge < -0.3 is 9.84 Å². The quantitative estimate of drug-likeness (QED) is 0.656. The average Bonchev–Trinajstić information content (AvgIpc) is 3.20. The maximum absolute atomic E-state index is 11.8. The second-order valence-electron chi connectivity index (χ2n) is 4.64. The summed E-state index contributed by atoms with van der Waals surface area (Å²) >= 11 is 8.88. The number of carbonyl (C=O) groups is 1. The first-order valence-electron chi connectivity index (χ1n) is 6.89. The van der Waals surface area contributed by atoms with Crippen LogP contribution in [0.1, 0.15) is 10.9 Å². The van der Waals surface area contributed by atoms with Crippen LogP contribution in [0.15, 0.2) is 33.1 Å². The molecule has 7 nitrogen and oxygen atoms in total. The maximum atomic E-state index is 11.8. The minimum Gasteiger partial charge on any atom is -0.346 e. The summed E-state index contributed by atoms with van der Waals surface area (Å²) in [6.07, 6.45) is 0. The third kappa shape index (κ3) is 4.31. The highest BCUT2D eigenvalue weighted by Crippen LogP contribution is 2.25. The Morgan fingerprint density at radius 3 is 2.96 bits per heavy atom. The molecule has 1 N–H and O–H groups in total. The van der Waals surface area contributed by atoms with E-state index in [2.05, 4.69) is 25.7 Å². The van der Waals surface area contributed by atoms with E-state index in [1.165, 1.54) is 23.1 Å². The molecule has 1 amide bonds. The van der Waals surface area contributed by atoms with Crippen molar-refractivity contribution < 1.29 is 9.32 Å². The molecule has 0 atom stereocenters. The fourth-order valence-electron chi connectivity index (χ4n) is 1.77. The minimum atomic E-state index is -0.148. The highest BCUT2D eigenvalue weighted by atomic mass is 35.5. The number of thioether (sulfide) groups is 1. The molecule has 0 aliphatic carbocycles. The van der Waals surface area contributed by atoms with Gasteiger partial charge in [-0.3, -0.25) is 4.79 Å². The Hall–Kier alpha value is -1.97. The van der Waals surface area contributed by atoms with Gasteiger partial charge in [0.15, 0.2) is 4.34 Å². The lowest BCUT2D eigenvalue weighted by molar-refractivity contribution is -0.118. The largest absolute Gasteiger partial charge is 0.346 e. The lowest BCUT2D eigenvalue weighted by Gasteiger charge is -2.00. The van der Waals surface area contributed by atoms with E-state index in [-0.39, 0.29) is 18.2 Å². The van der Waals surface area contributed by atoms with Crippen LogP contribution in [0, 0.1) is 6.92 Å². The number of hydrogen-bond donors (Lipinski definition) is 1. The minimum absolute atomic E-state index is 0.148. The van der Waals surface area contributed by atoms with Gasteiger partial charge in [0, 0.05) is 5.56 Å². The Balaban J connectivity index is 1.52. The molecule has 0 aliphatic heterocycles. The number of nitrogens with one attached hydrogen (secondary N) is 1. The Kier molecular flexibility index (Phi) is 5.44. The SMILES string of the molecule is Cc1nnc(SCC(=O)NCc2nc(-c3ccccc3Cl)no2)s1. The second kappa shape index (κ2) is 7.73. The molecule has 124 valence electrons. The number of halogens is 1. The number of rotatable bonds is 6. The van der Waals surface area contributed by atoms with E-state index in [0.717, 1.165) is 9.35 Å². The molecular formula is C14H12ClN5O2S2. The summed E-state index contributed by atoms with van der Waals surface area (Å²) < 4.78 is 5.89. The van der Waals surface area contributed by atoms with Crippen molar-refractivity contribution >= 4 is 40.6 Å². The summed E-state index contributed by atoms with van der Waals surface area (Å²) in [7, 11) is 0. The molecule has 0 spiro atoms. The van der Waals surface area contributed by atoms with E-state index in [1.54, 1.807) is 12.1 Å². The van der Waals surface area contributed by atoms with Gasteiger partial charge in [0.05, 0.1) is 17.3 Å². The molecule has 0 saturated heterocycles. The van der Waals surface area contributed by atoms with Crippen molar-refractivity contribution in [1.82, 2.24) is 25.7 Å². The van der Waals surface area contributed by atoms with E-state index in [0.29, 0.717) is 22.3 Å². The Bertz CT molecular complexity index is 851. The average molecular weight is 382 g/mol. The Labute approximate surface area is 150 Å². The van der Waals surface area contributed by atoms with Gasteiger partial charge in [0.25, 0.3) is 0 Å². The molecule has 0 fully saturated rings. The summed E-state index contributed by atoms with van der Waals surface area (Å²) in [6, 6.07) is 7.22. The van der Waals surface area contributed by atoms with Crippen LogP contribution in [-0.4, -0.2) is 32.0 Å². The molecule has 24 heavy (non-hydrogen) atoms. The lowest BCUT2D eigenvalue weighted by atomic mass is 10.2. The van der Waals surface area contributed by atoms with Crippen LogP contribution in [0.25, 0.3) is 11.4 Å². The van der Waals surface area contributed by atoms with Crippen molar-refractivity contribution in [2.45, 2.75) is 17.8 Å². The van der Waals surface area contributed by atoms with E-state index < -0.39 is 0 Å². The van der Waals surface area contributed by atoms with Gasteiger partial charge in [0.1, 0.15) is 5.01 Å². The van der Waals surface area contributed by atoms with Gasteiger partial charge in [-0.05, 0) is 19.1 Å². The van der Waals surface area contributed by atoms with E-state index in [9.17, 15) is 4.79 Å². The zero-order chi connectivity index (χ0) is 16.9. The van der Waals surface area contributed by atoms with Crippen molar-refractivity contribution in [3.63, 3.8) is 0 Å². The number of benzene rings is 1. The predicted molar refractivity (Wildman–Crippen MR) is 92.0 cm³/mol. The number of aryl methyl sites for hydroxylation is 1. The van der Waals surface area contributed by atoms with Crippen molar-refractivity contribution in [2.75, 3.05) is 5.75 Å². The van der Waals surface area contributed by atoms with Gasteiger partial charge in [-0.2, -0.15) is 4.98 Å². The van der Waals surface area contributed by atoms with Crippen LogP contribution in [0.5, 0.6) is 0 Å². The van der Waals surface area contributed by atoms with Crippen molar-refractivity contribution in [3.05, 3.63) is 40.2 Å². The summed E-state index contributed by atoms with van der Waals surface area (Å²) in [5.74, 6) is 0.809. The number of aromatic nitrogens is 4. The summed E-state index contributed by atoms with van der Waals surface area (Å²) in [4.78, 5) is 16.1. The van der Waals surface area contributed by atoms with Gasteiger partial charge in [-0.1, -0.05) is 52.0 Å². The second-order valence-corrected chi connectivity index (χ2v) is 7.46. The highest BCUT2D eigenvalue weighted by Gasteiger charge is 2.12. The topological polar surface area (TPSA) is 93.8 Å². The molecular weight excluding hydrogens is 370 g/mol. The number of carbonyl (C=O) groups excluding carboxylic acids is 1. The first kappa shape index (κ1) is 16.9. The molecule has 0 aliphatic rings. The zero-order valence-corrected chi connectivity index (χ0v) is 14.9. The van der Waals surface area contributed by atoms with Crippen LogP contribution in [-0.2, 0) is 11.3 Å². The third-order valence-electron chi connectivity index (χ3n) is 2.85. The van der Waals surface area contributed by atoms with Gasteiger partial charge >= 0.3 is 0 Å². The summed E-state index contributed by atoms with van der Waals surface area (Å²) in [5.41, 5.74) is 0.683. The highest BCUT2D eigenvalue weighted by molar-refractivity contribution is 8.01. The third-order valence-corrected chi connectivity index (χ3v) is 5.16. The molecule has 3 aromatic rings. The molecule has 2 aromatic heterocycles. The van der Waals surface area contributed by atoms with Gasteiger partial charge in [-0.15, -0.1) is 10.2 Å². The Morgan fingerprint density at radius 1 is 1.38 bits per heavy atom. The molecule has 10 heteroatoms. The fourth-order valence-corrected chi connectivity index (χ4v) is 3.63. The van der Waals surface area contributed by atoms with Crippen LogP contribution < -0.4 is 5.32 Å². The summed E-state index contributed by atoms with van der Waals surface area (Å²) in [5, 5.41) is 15.9. The molecule has 0 radical (unpaired) electrons. The number of nitrogens with zero attached hydrogens (tertiary/aromatic N) is 4. The van der Waals surface area contributed by atoms with Crippen molar-refractivity contribution in [2.24, 2.45) is 0 Å².